The van der Waals surface area contributed by atoms with E-state index in [-0.39, 0.29) is 0 Å². The van der Waals surface area contributed by atoms with E-state index in [0.29, 0.717) is 6.61 Å². The van der Waals surface area contributed by atoms with Gasteiger partial charge in [0.05, 0.1) is 11.0 Å². The van der Waals surface area contributed by atoms with Gasteiger partial charge in [-0.05, 0) is 63.7 Å². The number of nitrogens with zero attached hydrogens (tertiary/aromatic N) is 3. The monoisotopic (exact) mass is 365 g/mol. The first kappa shape index (κ1) is 19.4. The molecular weight excluding hydrogens is 334 g/mol. The first-order chi connectivity index (χ1) is 13.1. The van der Waals surface area contributed by atoms with E-state index in [1.165, 1.54) is 16.6 Å². The number of hydrogen-bond donors (Lipinski definition) is 0. The topological polar surface area (TPSA) is 30.3 Å². The number of ether oxygens (including phenoxy) is 1. The van der Waals surface area contributed by atoms with Gasteiger partial charge in [0.1, 0.15) is 18.2 Å². The largest absolute Gasteiger partial charge is 0.485 e. The summed E-state index contributed by atoms with van der Waals surface area (Å²) in [4.78, 5) is 7.30. The molecule has 0 fully saturated rings. The van der Waals surface area contributed by atoms with Gasteiger partial charge in [0.25, 0.3) is 0 Å². The van der Waals surface area contributed by atoms with Crippen molar-refractivity contribution < 1.29 is 4.74 Å². The third-order valence-corrected chi connectivity index (χ3v) is 5.17. The van der Waals surface area contributed by atoms with Gasteiger partial charge < -0.3 is 14.2 Å². The predicted octanol–water partition coefficient (Wildman–Crippen LogP) is 4.96. The van der Waals surface area contributed by atoms with Gasteiger partial charge in [-0.15, -0.1) is 0 Å². The molecule has 0 amide bonds. The standard InChI is InChI=1S/C23H31N3O/c1-5-25(6-2)14-9-15-26-21-11-8-7-10-20(21)24-23(26)17-27-22-13-12-18(3)16-19(22)4/h7-8,10-13,16H,5-6,9,14-15,17H2,1-4H3. The highest BCUT2D eigenvalue weighted by Gasteiger charge is 2.12. The van der Waals surface area contributed by atoms with Crippen LogP contribution in [0.4, 0.5) is 0 Å². The van der Waals surface area contributed by atoms with Crippen LogP contribution in [0.25, 0.3) is 11.0 Å². The number of hydrogen-bond acceptors (Lipinski definition) is 3. The van der Waals surface area contributed by atoms with Crippen molar-refractivity contribution in [2.45, 2.75) is 47.3 Å². The molecule has 0 aliphatic rings. The lowest BCUT2D eigenvalue weighted by Gasteiger charge is -2.18. The Morgan fingerprint density at radius 2 is 1.81 bits per heavy atom. The zero-order valence-corrected chi connectivity index (χ0v) is 17.0. The minimum absolute atomic E-state index is 0.490. The Hall–Kier alpha value is -2.33. The van der Waals surface area contributed by atoms with E-state index >= 15 is 0 Å². The van der Waals surface area contributed by atoms with Crippen molar-refractivity contribution in [3.8, 4) is 5.75 Å². The Morgan fingerprint density at radius 3 is 2.56 bits per heavy atom. The van der Waals surface area contributed by atoms with Crippen molar-refractivity contribution >= 4 is 11.0 Å². The highest BCUT2D eigenvalue weighted by atomic mass is 16.5. The summed E-state index contributed by atoms with van der Waals surface area (Å²) in [5.41, 5.74) is 4.65. The molecule has 0 saturated heterocycles. The number of benzene rings is 2. The second-order valence-electron chi connectivity index (χ2n) is 7.11. The summed E-state index contributed by atoms with van der Waals surface area (Å²) in [5.74, 6) is 1.93. The normalized spacial score (nSPS) is 11.4. The van der Waals surface area contributed by atoms with Gasteiger partial charge in [0, 0.05) is 6.54 Å². The molecule has 4 heteroatoms. The molecular formula is C23H31N3O. The number of rotatable bonds is 9. The van der Waals surface area contributed by atoms with Gasteiger partial charge in [-0.2, -0.15) is 0 Å². The summed E-state index contributed by atoms with van der Waals surface area (Å²) >= 11 is 0. The molecule has 0 aliphatic heterocycles. The average Bonchev–Trinajstić information content (AvgIpc) is 3.02. The van der Waals surface area contributed by atoms with Gasteiger partial charge >= 0.3 is 0 Å². The third kappa shape index (κ3) is 4.69. The van der Waals surface area contributed by atoms with Crippen LogP contribution in [0.5, 0.6) is 5.75 Å². The van der Waals surface area contributed by atoms with Crippen molar-refractivity contribution in [3.63, 3.8) is 0 Å². The Bertz CT molecular complexity index is 880. The van der Waals surface area contributed by atoms with Gasteiger partial charge in [0.15, 0.2) is 0 Å². The van der Waals surface area contributed by atoms with Gasteiger partial charge in [-0.1, -0.05) is 43.7 Å². The summed E-state index contributed by atoms with van der Waals surface area (Å²) in [6.07, 6.45) is 1.11. The average molecular weight is 366 g/mol. The fourth-order valence-electron chi connectivity index (χ4n) is 3.58. The molecule has 0 spiro atoms. The molecule has 2 aromatic carbocycles. The molecule has 27 heavy (non-hydrogen) atoms. The second kappa shape index (κ2) is 9.05. The summed E-state index contributed by atoms with van der Waals surface area (Å²) in [6, 6.07) is 14.7. The maximum Gasteiger partial charge on any atom is 0.147 e. The van der Waals surface area contributed by atoms with Crippen molar-refractivity contribution in [1.82, 2.24) is 14.5 Å². The predicted molar refractivity (Wildman–Crippen MR) is 112 cm³/mol. The zero-order valence-electron chi connectivity index (χ0n) is 17.0. The Morgan fingerprint density at radius 1 is 1.04 bits per heavy atom. The SMILES string of the molecule is CCN(CC)CCCn1c(COc2ccc(C)cc2C)nc2ccccc21. The van der Waals surface area contributed by atoms with Crippen LogP contribution in [-0.4, -0.2) is 34.1 Å². The van der Waals surface area contributed by atoms with Crippen LogP contribution in [0.15, 0.2) is 42.5 Å². The van der Waals surface area contributed by atoms with E-state index in [0.717, 1.165) is 49.7 Å². The minimum Gasteiger partial charge on any atom is -0.485 e. The Kier molecular flexibility index (Phi) is 6.51. The molecule has 0 N–H and O–H groups in total. The summed E-state index contributed by atoms with van der Waals surface area (Å²) in [6.45, 7) is 13.4. The lowest BCUT2D eigenvalue weighted by Crippen LogP contribution is -2.25. The maximum atomic E-state index is 6.12. The van der Waals surface area contributed by atoms with E-state index < -0.39 is 0 Å². The van der Waals surface area contributed by atoms with Crippen LogP contribution < -0.4 is 4.74 Å². The Balaban J connectivity index is 1.77. The number of aryl methyl sites for hydroxylation is 3. The van der Waals surface area contributed by atoms with E-state index in [4.69, 9.17) is 9.72 Å². The third-order valence-electron chi connectivity index (χ3n) is 5.17. The van der Waals surface area contributed by atoms with Crippen LogP contribution in [0.1, 0.15) is 37.2 Å². The van der Waals surface area contributed by atoms with E-state index in [1.54, 1.807) is 0 Å². The molecule has 0 unspecified atom stereocenters. The molecule has 3 aromatic rings. The number of fused-ring (bicyclic) bond motifs is 1. The van der Waals surface area contributed by atoms with Gasteiger partial charge in [0.2, 0.25) is 0 Å². The quantitative estimate of drug-likeness (QED) is 0.537. The summed E-state index contributed by atoms with van der Waals surface area (Å²) in [5, 5.41) is 0. The van der Waals surface area contributed by atoms with Crippen LogP contribution in [0, 0.1) is 13.8 Å². The molecule has 0 saturated carbocycles. The molecule has 1 heterocycles. The first-order valence-corrected chi connectivity index (χ1v) is 9.99. The van der Waals surface area contributed by atoms with Crippen molar-refractivity contribution in [2.75, 3.05) is 19.6 Å². The van der Waals surface area contributed by atoms with Crippen LogP contribution >= 0.6 is 0 Å². The maximum absolute atomic E-state index is 6.12. The lowest BCUT2D eigenvalue weighted by molar-refractivity contribution is 0.278. The van der Waals surface area contributed by atoms with Gasteiger partial charge in [-0.3, -0.25) is 0 Å². The molecule has 0 atom stereocenters. The van der Waals surface area contributed by atoms with Crippen LogP contribution in [0.3, 0.4) is 0 Å². The lowest BCUT2D eigenvalue weighted by atomic mass is 10.1. The first-order valence-electron chi connectivity index (χ1n) is 9.99. The minimum atomic E-state index is 0.490. The number of aromatic nitrogens is 2. The Labute approximate surface area is 162 Å². The molecule has 3 rings (SSSR count). The molecule has 144 valence electrons. The van der Waals surface area contributed by atoms with Crippen molar-refractivity contribution in [1.29, 1.82) is 0 Å². The van der Waals surface area contributed by atoms with Crippen LogP contribution in [0.2, 0.25) is 0 Å². The summed E-state index contributed by atoms with van der Waals surface area (Å²) < 4.78 is 8.45. The van der Waals surface area contributed by atoms with Gasteiger partial charge in [-0.25, -0.2) is 4.98 Å². The van der Waals surface area contributed by atoms with Crippen molar-refractivity contribution in [2.24, 2.45) is 0 Å². The van der Waals surface area contributed by atoms with Crippen molar-refractivity contribution in [3.05, 3.63) is 59.4 Å². The molecule has 0 bridgehead atoms. The zero-order chi connectivity index (χ0) is 19.2. The highest BCUT2D eigenvalue weighted by Crippen LogP contribution is 2.22. The molecule has 0 aliphatic carbocycles. The summed E-state index contributed by atoms with van der Waals surface area (Å²) in [7, 11) is 0. The molecule has 4 nitrogen and oxygen atoms in total. The second-order valence-corrected chi connectivity index (χ2v) is 7.11. The fraction of sp³-hybridized carbons (Fsp3) is 0.435. The smallest absolute Gasteiger partial charge is 0.147 e. The van der Waals surface area contributed by atoms with Crippen LogP contribution in [-0.2, 0) is 13.2 Å². The van der Waals surface area contributed by atoms with E-state index in [2.05, 4.69) is 73.6 Å². The van der Waals surface area contributed by atoms with E-state index in [9.17, 15) is 0 Å². The molecule has 1 aromatic heterocycles. The fourth-order valence-corrected chi connectivity index (χ4v) is 3.58. The molecule has 0 radical (unpaired) electrons. The number of imidazole rings is 1. The number of para-hydroxylation sites is 2. The highest BCUT2D eigenvalue weighted by molar-refractivity contribution is 5.75. The van der Waals surface area contributed by atoms with E-state index in [1.807, 2.05) is 6.07 Å².